The lowest BCUT2D eigenvalue weighted by atomic mass is 10.0. The molecule has 0 bridgehead atoms. The van der Waals surface area contributed by atoms with Gasteiger partial charge >= 0.3 is 0 Å². The van der Waals surface area contributed by atoms with Gasteiger partial charge in [-0.3, -0.25) is 19.5 Å². The lowest BCUT2D eigenvalue weighted by Gasteiger charge is -2.36. The third-order valence-electron chi connectivity index (χ3n) is 7.58. The number of aromatic nitrogens is 1. The highest BCUT2D eigenvalue weighted by atomic mass is 16.2. The fraction of sp³-hybridized carbons (Fsp3) is 0.323. The van der Waals surface area contributed by atoms with Crippen LogP contribution in [0.2, 0.25) is 0 Å². The second kappa shape index (κ2) is 12.4. The molecule has 0 radical (unpaired) electrons. The summed E-state index contributed by atoms with van der Waals surface area (Å²) in [6, 6.07) is 22.8. The normalized spacial score (nSPS) is 16.1. The number of hydrogen-bond acceptors (Lipinski definition) is 7. The van der Waals surface area contributed by atoms with Gasteiger partial charge in [-0.1, -0.05) is 12.1 Å². The number of nitrogens with zero attached hydrogens (tertiary/aromatic N) is 6. The summed E-state index contributed by atoms with van der Waals surface area (Å²) >= 11 is 0. The van der Waals surface area contributed by atoms with Crippen molar-refractivity contribution in [3.05, 3.63) is 94.8 Å². The summed E-state index contributed by atoms with van der Waals surface area (Å²) in [4.78, 5) is 36.5. The van der Waals surface area contributed by atoms with E-state index in [2.05, 4.69) is 32.2 Å². The Bertz CT molecular complexity index is 1410. The topological polar surface area (TPSA) is 116 Å². The number of hydrogen-bond donors (Lipinski definition) is 1. The number of piperidine rings is 1. The van der Waals surface area contributed by atoms with Gasteiger partial charge in [0.1, 0.15) is 5.69 Å². The number of anilines is 1. The smallest absolute Gasteiger partial charge is 0.270 e. The van der Waals surface area contributed by atoms with Crippen molar-refractivity contribution in [1.82, 2.24) is 20.1 Å². The molecule has 2 saturated heterocycles. The molecule has 2 aliphatic heterocycles. The number of nitrogens with one attached hydrogen (secondary N) is 1. The second-order valence-corrected chi connectivity index (χ2v) is 10.2. The maximum atomic E-state index is 13.0. The first-order valence-electron chi connectivity index (χ1n) is 13.5. The summed E-state index contributed by atoms with van der Waals surface area (Å²) < 4.78 is 0. The third-order valence-corrected chi connectivity index (χ3v) is 7.58. The van der Waals surface area contributed by atoms with E-state index in [-0.39, 0.29) is 17.9 Å². The van der Waals surface area contributed by atoms with Gasteiger partial charge in [-0.05, 0) is 66.9 Å². The van der Waals surface area contributed by atoms with Crippen molar-refractivity contribution in [2.24, 2.45) is 0 Å². The van der Waals surface area contributed by atoms with Crippen molar-refractivity contribution in [3.63, 3.8) is 0 Å². The van der Waals surface area contributed by atoms with Crippen molar-refractivity contribution in [1.29, 1.82) is 10.5 Å². The lowest BCUT2D eigenvalue weighted by Crippen LogP contribution is -2.48. The summed E-state index contributed by atoms with van der Waals surface area (Å²) in [5, 5.41) is 21.0. The summed E-state index contributed by atoms with van der Waals surface area (Å²) in [6.07, 6.45) is 3.20. The van der Waals surface area contributed by atoms with Crippen LogP contribution in [0, 0.1) is 22.7 Å². The van der Waals surface area contributed by atoms with E-state index in [0.29, 0.717) is 48.6 Å². The highest BCUT2D eigenvalue weighted by molar-refractivity contribution is 5.96. The Kier molecular flexibility index (Phi) is 8.34. The van der Waals surface area contributed by atoms with Gasteiger partial charge in [0, 0.05) is 63.7 Å². The molecule has 3 aromatic rings. The van der Waals surface area contributed by atoms with Crippen molar-refractivity contribution >= 4 is 17.5 Å². The molecule has 5 rings (SSSR count). The molecule has 0 aliphatic carbocycles. The Labute approximate surface area is 234 Å². The Hall–Kier alpha value is -4.73. The van der Waals surface area contributed by atoms with Crippen molar-refractivity contribution in [2.45, 2.75) is 25.4 Å². The maximum absolute atomic E-state index is 13.0. The fourth-order valence-corrected chi connectivity index (χ4v) is 5.19. The van der Waals surface area contributed by atoms with E-state index in [4.69, 9.17) is 10.5 Å². The molecule has 2 aliphatic rings. The van der Waals surface area contributed by atoms with Crippen LogP contribution in [0.3, 0.4) is 0 Å². The molecule has 1 aromatic heterocycles. The van der Waals surface area contributed by atoms with Crippen LogP contribution in [-0.4, -0.2) is 71.9 Å². The molecule has 202 valence electrons. The van der Waals surface area contributed by atoms with Gasteiger partial charge in [-0.25, -0.2) is 0 Å². The number of carbonyl (C=O) groups excluding carboxylic acids is 2. The molecule has 2 amide bonds. The molecule has 9 heteroatoms. The average Bonchev–Trinajstić information content (AvgIpc) is 3.02. The second-order valence-electron chi connectivity index (χ2n) is 10.2. The van der Waals surface area contributed by atoms with Gasteiger partial charge < -0.3 is 15.1 Å². The number of piperazine rings is 1. The summed E-state index contributed by atoms with van der Waals surface area (Å²) in [7, 11) is 0. The number of likely N-dealkylation sites (tertiary alicyclic amines) is 1. The first-order chi connectivity index (χ1) is 19.5. The van der Waals surface area contributed by atoms with Crippen LogP contribution in [0.25, 0.3) is 0 Å². The van der Waals surface area contributed by atoms with E-state index in [9.17, 15) is 9.59 Å². The van der Waals surface area contributed by atoms with Gasteiger partial charge in [-0.15, -0.1) is 0 Å². The summed E-state index contributed by atoms with van der Waals surface area (Å²) in [5.41, 5.74) is 4.29. The third kappa shape index (κ3) is 6.45. The molecule has 3 heterocycles. The zero-order valence-corrected chi connectivity index (χ0v) is 22.3. The molecule has 9 nitrogen and oxygen atoms in total. The summed E-state index contributed by atoms with van der Waals surface area (Å²) in [6.45, 7) is 5.17. The minimum Gasteiger partial charge on any atom is -0.368 e. The van der Waals surface area contributed by atoms with Gasteiger partial charge in [0.25, 0.3) is 11.8 Å². The van der Waals surface area contributed by atoms with E-state index in [1.807, 2.05) is 41.3 Å². The number of pyridine rings is 1. The largest absolute Gasteiger partial charge is 0.368 e. The van der Waals surface area contributed by atoms with Crippen LogP contribution >= 0.6 is 0 Å². The predicted octanol–water partition coefficient (Wildman–Crippen LogP) is 3.18. The molecule has 40 heavy (non-hydrogen) atoms. The van der Waals surface area contributed by atoms with Crippen molar-refractivity contribution in [2.75, 3.05) is 44.2 Å². The zero-order chi connectivity index (χ0) is 27.9. The van der Waals surface area contributed by atoms with Crippen LogP contribution < -0.4 is 10.2 Å². The van der Waals surface area contributed by atoms with Crippen molar-refractivity contribution < 1.29 is 9.59 Å². The maximum Gasteiger partial charge on any atom is 0.270 e. The number of amides is 2. The predicted molar refractivity (Wildman–Crippen MR) is 150 cm³/mol. The SMILES string of the molecule is N#Cc1ccc(CN2CCC(NC(=O)c3ccc(C(=O)N4CCN(c5ccc(C#N)cc5)CC4)cn3)CC2)cc1. The van der Waals surface area contributed by atoms with Crippen molar-refractivity contribution in [3.8, 4) is 12.1 Å². The standard InChI is InChI=1S/C31H31N7O2/c32-19-23-1-3-25(4-2-23)22-36-13-11-27(12-14-36)35-30(39)29-10-7-26(21-34-29)31(40)38-17-15-37(16-18-38)28-8-5-24(20-33)6-9-28/h1-10,21,27H,11-18,22H2,(H,35,39). The van der Waals surface area contributed by atoms with Gasteiger partial charge in [-0.2, -0.15) is 10.5 Å². The number of carbonyl (C=O) groups is 2. The lowest BCUT2D eigenvalue weighted by molar-refractivity contribution is 0.0745. The molecular formula is C31H31N7O2. The first kappa shape index (κ1) is 26.9. The van der Waals surface area contributed by atoms with E-state index < -0.39 is 0 Å². The fourth-order valence-electron chi connectivity index (χ4n) is 5.19. The number of benzene rings is 2. The van der Waals surface area contributed by atoms with Crippen LogP contribution in [0.5, 0.6) is 0 Å². The molecule has 0 atom stereocenters. The molecule has 0 unspecified atom stereocenters. The van der Waals surface area contributed by atoms with E-state index in [0.717, 1.165) is 38.2 Å². The van der Waals surface area contributed by atoms with Crippen LogP contribution in [-0.2, 0) is 6.54 Å². The van der Waals surface area contributed by atoms with E-state index in [1.54, 1.807) is 24.3 Å². The molecular weight excluding hydrogens is 502 g/mol. The molecule has 0 spiro atoms. The van der Waals surface area contributed by atoms with Crippen LogP contribution in [0.4, 0.5) is 5.69 Å². The van der Waals surface area contributed by atoms with Gasteiger partial charge in [0.2, 0.25) is 0 Å². The Balaban J connectivity index is 1.07. The number of rotatable bonds is 6. The molecule has 1 N–H and O–H groups in total. The highest BCUT2D eigenvalue weighted by Gasteiger charge is 2.24. The molecule has 2 fully saturated rings. The quantitative estimate of drug-likeness (QED) is 0.517. The van der Waals surface area contributed by atoms with Gasteiger partial charge in [0.05, 0.1) is 28.8 Å². The minimum atomic E-state index is -0.222. The minimum absolute atomic E-state index is 0.0835. The zero-order valence-electron chi connectivity index (χ0n) is 22.3. The molecule has 2 aromatic carbocycles. The Morgan fingerprint density at radius 3 is 2.02 bits per heavy atom. The highest BCUT2D eigenvalue weighted by Crippen LogP contribution is 2.19. The van der Waals surface area contributed by atoms with E-state index in [1.165, 1.54) is 11.8 Å². The van der Waals surface area contributed by atoms with Crippen LogP contribution in [0.1, 0.15) is 50.4 Å². The summed E-state index contributed by atoms with van der Waals surface area (Å²) in [5.74, 6) is -0.311. The first-order valence-corrected chi connectivity index (χ1v) is 13.5. The average molecular weight is 534 g/mol. The Morgan fingerprint density at radius 1 is 0.825 bits per heavy atom. The monoisotopic (exact) mass is 533 g/mol. The van der Waals surface area contributed by atoms with Crippen LogP contribution in [0.15, 0.2) is 66.9 Å². The van der Waals surface area contributed by atoms with Gasteiger partial charge in [0.15, 0.2) is 0 Å². The Morgan fingerprint density at radius 2 is 1.45 bits per heavy atom. The molecule has 0 saturated carbocycles. The number of nitriles is 2. The van der Waals surface area contributed by atoms with E-state index >= 15 is 0 Å².